The Balaban J connectivity index is 2.59. The number of carbonyl (C=O) groups excluding carboxylic acids is 1. The standard InChI is InChI=1S/C15H26O2/c1-12(16)10-13(17)6-9-15(4)8-5-7-14(2,3)11-15/h6,9,13,17H,5,7-8,10-11H2,1-4H3. The van der Waals surface area contributed by atoms with E-state index in [0.717, 1.165) is 6.42 Å². The van der Waals surface area contributed by atoms with Crippen LogP contribution in [0.5, 0.6) is 0 Å². The van der Waals surface area contributed by atoms with Crippen LogP contribution in [0.15, 0.2) is 12.2 Å². The van der Waals surface area contributed by atoms with Gasteiger partial charge < -0.3 is 5.11 Å². The fourth-order valence-electron chi connectivity index (χ4n) is 3.09. The summed E-state index contributed by atoms with van der Waals surface area (Å²) in [5.74, 6) is 0.0382. The van der Waals surface area contributed by atoms with E-state index in [1.165, 1.54) is 26.2 Å². The van der Waals surface area contributed by atoms with Gasteiger partial charge in [-0.15, -0.1) is 0 Å². The van der Waals surface area contributed by atoms with E-state index in [1.807, 2.05) is 6.08 Å². The van der Waals surface area contributed by atoms with Gasteiger partial charge >= 0.3 is 0 Å². The van der Waals surface area contributed by atoms with Gasteiger partial charge in [0.25, 0.3) is 0 Å². The third-order valence-electron chi connectivity index (χ3n) is 3.70. The molecule has 2 unspecified atom stereocenters. The molecule has 98 valence electrons. The first-order chi connectivity index (χ1) is 7.72. The fourth-order valence-corrected chi connectivity index (χ4v) is 3.09. The van der Waals surface area contributed by atoms with E-state index in [9.17, 15) is 9.90 Å². The lowest BCUT2D eigenvalue weighted by Gasteiger charge is -2.41. The Morgan fingerprint density at radius 1 is 1.35 bits per heavy atom. The Bertz CT molecular complexity index is 304. The number of hydrogen-bond acceptors (Lipinski definition) is 2. The second-order valence-corrected chi connectivity index (χ2v) is 6.68. The van der Waals surface area contributed by atoms with Crippen molar-refractivity contribution >= 4 is 5.78 Å². The van der Waals surface area contributed by atoms with E-state index < -0.39 is 6.10 Å². The highest BCUT2D eigenvalue weighted by Crippen LogP contribution is 2.46. The summed E-state index contributed by atoms with van der Waals surface area (Å²) in [6, 6.07) is 0. The van der Waals surface area contributed by atoms with Gasteiger partial charge in [-0.1, -0.05) is 39.3 Å². The van der Waals surface area contributed by atoms with Crippen molar-refractivity contribution in [3.63, 3.8) is 0 Å². The molecular weight excluding hydrogens is 212 g/mol. The molecule has 0 aromatic heterocycles. The first-order valence-corrected chi connectivity index (χ1v) is 6.59. The molecule has 1 saturated carbocycles. The average Bonchev–Trinajstić information content (AvgIpc) is 2.12. The molecule has 2 atom stereocenters. The number of allylic oxidation sites excluding steroid dienone is 1. The summed E-state index contributed by atoms with van der Waals surface area (Å²) in [5.41, 5.74) is 0.572. The molecule has 0 amide bonds. The van der Waals surface area contributed by atoms with Crippen LogP contribution in [-0.4, -0.2) is 17.0 Å². The van der Waals surface area contributed by atoms with Crippen molar-refractivity contribution in [1.29, 1.82) is 0 Å². The molecule has 1 aliphatic carbocycles. The van der Waals surface area contributed by atoms with Crippen molar-refractivity contribution in [2.24, 2.45) is 10.8 Å². The number of hydrogen-bond donors (Lipinski definition) is 1. The van der Waals surface area contributed by atoms with Gasteiger partial charge in [-0.25, -0.2) is 0 Å². The quantitative estimate of drug-likeness (QED) is 0.761. The zero-order valence-corrected chi connectivity index (χ0v) is 11.6. The van der Waals surface area contributed by atoms with Crippen LogP contribution in [0.3, 0.4) is 0 Å². The summed E-state index contributed by atoms with van der Waals surface area (Å²) in [6.45, 7) is 8.39. The monoisotopic (exact) mass is 238 g/mol. The number of ketones is 1. The first kappa shape index (κ1) is 14.4. The average molecular weight is 238 g/mol. The minimum Gasteiger partial charge on any atom is -0.389 e. The minimum atomic E-state index is -0.616. The smallest absolute Gasteiger partial charge is 0.132 e. The molecule has 0 aromatic rings. The van der Waals surface area contributed by atoms with Crippen LogP contribution in [0.2, 0.25) is 0 Å². The zero-order valence-electron chi connectivity index (χ0n) is 11.6. The maximum absolute atomic E-state index is 10.9. The van der Waals surface area contributed by atoms with Crippen LogP contribution in [0.1, 0.15) is 59.8 Å². The summed E-state index contributed by atoms with van der Waals surface area (Å²) >= 11 is 0. The first-order valence-electron chi connectivity index (χ1n) is 6.59. The molecule has 0 spiro atoms. The SMILES string of the molecule is CC(=O)CC(O)C=CC1(C)CCCC(C)(C)C1. The number of carbonyl (C=O) groups is 1. The lowest BCUT2D eigenvalue weighted by atomic mass is 9.64. The number of aliphatic hydroxyl groups excluding tert-OH is 1. The lowest BCUT2D eigenvalue weighted by molar-refractivity contribution is -0.118. The van der Waals surface area contributed by atoms with Crippen molar-refractivity contribution in [1.82, 2.24) is 0 Å². The number of aliphatic hydroxyl groups is 1. The summed E-state index contributed by atoms with van der Waals surface area (Å²) in [5, 5.41) is 9.69. The Labute approximate surface area is 105 Å². The third-order valence-corrected chi connectivity index (χ3v) is 3.70. The highest BCUT2D eigenvalue weighted by molar-refractivity contribution is 5.76. The minimum absolute atomic E-state index is 0.0382. The largest absolute Gasteiger partial charge is 0.389 e. The van der Waals surface area contributed by atoms with Crippen molar-refractivity contribution in [3.05, 3.63) is 12.2 Å². The van der Waals surface area contributed by atoms with Crippen LogP contribution in [0.4, 0.5) is 0 Å². The molecule has 2 nitrogen and oxygen atoms in total. The molecule has 1 fully saturated rings. The van der Waals surface area contributed by atoms with Crippen LogP contribution < -0.4 is 0 Å². The molecular formula is C15H26O2. The lowest BCUT2D eigenvalue weighted by Crippen LogP contribution is -2.29. The predicted molar refractivity (Wildman–Crippen MR) is 70.8 cm³/mol. The van der Waals surface area contributed by atoms with Gasteiger partial charge in [0, 0.05) is 6.42 Å². The molecule has 17 heavy (non-hydrogen) atoms. The van der Waals surface area contributed by atoms with Crippen LogP contribution in [0.25, 0.3) is 0 Å². The van der Waals surface area contributed by atoms with Gasteiger partial charge in [-0.05, 0) is 37.0 Å². The van der Waals surface area contributed by atoms with Gasteiger partial charge in [0.05, 0.1) is 6.10 Å². The van der Waals surface area contributed by atoms with Gasteiger partial charge in [0.15, 0.2) is 0 Å². The normalized spacial score (nSPS) is 30.4. The predicted octanol–water partition coefficient (Wildman–Crippen LogP) is 3.49. The maximum atomic E-state index is 10.9. The van der Waals surface area contributed by atoms with E-state index in [1.54, 1.807) is 0 Å². The van der Waals surface area contributed by atoms with Crippen molar-refractivity contribution in [2.75, 3.05) is 0 Å². The van der Waals surface area contributed by atoms with Gasteiger partial charge in [0.2, 0.25) is 0 Å². The van der Waals surface area contributed by atoms with E-state index in [4.69, 9.17) is 0 Å². The second-order valence-electron chi connectivity index (χ2n) is 6.68. The van der Waals surface area contributed by atoms with Crippen LogP contribution in [0, 0.1) is 10.8 Å². The van der Waals surface area contributed by atoms with Crippen molar-refractivity contribution in [3.8, 4) is 0 Å². The van der Waals surface area contributed by atoms with E-state index >= 15 is 0 Å². The van der Waals surface area contributed by atoms with Crippen molar-refractivity contribution in [2.45, 2.75) is 65.9 Å². The highest BCUT2D eigenvalue weighted by Gasteiger charge is 2.34. The fraction of sp³-hybridized carbons (Fsp3) is 0.800. The Kier molecular flexibility index (Phi) is 4.54. The van der Waals surface area contributed by atoms with Crippen LogP contribution in [-0.2, 0) is 4.79 Å². The highest BCUT2D eigenvalue weighted by atomic mass is 16.3. The molecule has 0 aliphatic heterocycles. The van der Waals surface area contributed by atoms with Gasteiger partial charge in [-0.2, -0.15) is 0 Å². The van der Waals surface area contributed by atoms with E-state index in [0.29, 0.717) is 5.41 Å². The zero-order chi connectivity index (χ0) is 13.1. The van der Waals surface area contributed by atoms with Crippen LogP contribution >= 0.6 is 0 Å². The summed E-state index contributed by atoms with van der Waals surface area (Å²) in [6.07, 6.45) is 8.42. The molecule has 0 aromatic carbocycles. The Morgan fingerprint density at radius 3 is 2.53 bits per heavy atom. The molecule has 0 saturated heterocycles. The number of Topliss-reactive ketones (excluding diaryl/α,β-unsaturated/α-hetero) is 1. The second kappa shape index (κ2) is 5.34. The molecule has 1 rings (SSSR count). The molecule has 1 aliphatic rings. The molecule has 0 bridgehead atoms. The van der Waals surface area contributed by atoms with Gasteiger partial charge in [0.1, 0.15) is 5.78 Å². The molecule has 2 heteroatoms. The van der Waals surface area contributed by atoms with E-state index in [2.05, 4.69) is 26.8 Å². The summed E-state index contributed by atoms with van der Waals surface area (Å²) in [4.78, 5) is 10.9. The summed E-state index contributed by atoms with van der Waals surface area (Å²) < 4.78 is 0. The molecule has 0 heterocycles. The van der Waals surface area contributed by atoms with Crippen molar-refractivity contribution < 1.29 is 9.90 Å². The van der Waals surface area contributed by atoms with E-state index in [-0.39, 0.29) is 17.6 Å². The molecule has 1 N–H and O–H groups in total. The summed E-state index contributed by atoms with van der Waals surface area (Å²) in [7, 11) is 0. The Hall–Kier alpha value is -0.630. The topological polar surface area (TPSA) is 37.3 Å². The molecule has 0 radical (unpaired) electrons. The third kappa shape index (κ3) is 5.03. The van der Waals surface area contributed by atoms with Gasteiger partial charge in [-0.3, -0.25) is 4.79 Å². The Morgan fingerprint density at radius 2 is 2.00 bits per heavy atom. The maximum Gasteiger partial charge on any atom is 0.132 e. The number of rotatable bonds is 4.